The van der Waals surface area contributed by atoms with Gasteiger partial charge in [0.05, 0.1) is 26.1 Å². The number of hydrogen-bond donors (Lipinski definition) is 1. The monoisotopic (exact) mass is 439 g/mol. The summed E-state index contributed by atoms with van der Waals surface area (Å²) in [4.78, 5) is 0. The second-order valence-electron chi connectivity index (χ2n) is 8.86. The van der Waals surface area contributed by atoms with Crippen LogP contribution in [0.1, 0.15) is 63.5 Å². The van der Waals surface area contributed by atoms with E-state index >= 15 is 0 Å². The number of nitrogens with zero attached hydrogens (tertiary/aromatic N) is 1. The first-order valence-corrected chi connectivity index (χ1v) is 11.8. The van der Waals surface area contributed by atoms with Crippen LogP contribution in [-0.2, 0) is 12.1 Å². The zero-order valence-electron chi connectivity index (χ0n) is 19.2. The number of rotatable bonds is 8. The van der Waals surface area contributed by atoms with Gasteiger partial charge in [-0.15, -0.1) is 0 Å². The SMILES string of the molecule is CC[N+](CC)(CCC#CC(O)(c1ccccc1)C1CCCCC1)Cc1ccccc1.[Cl-]. The smallest absolute Gasteiger partial charge is 0.153 e. The minimum absolute atomic E-state index is 0. The van der Waals surface area contributed by atoms with Crippen molar-refractivity contribution < 1.29 is 22.0 Å². The lowest BCUT2D eigenvalue weighted by atomic mass is 9.73. The van der Waals surface area contributed by atoms with Crippen molar-refractivity contribution in [2.45, 2.75) is 64.5 Å². The van der Waals surface area contributed by atoms with Crippen molar-refractivity contribution in [1.29, 1.82) is 0 Å². The number of hydrogen-bond acceptors (Lipinski definition) is 1. The average molecular weight is 440 g/mol. The first-order chi connectivity index (χ1) is 14.6. The fourth-order valence-corrected chi connectivity index (χ4v) is 4.93. The summed E-state index contributed by atoms with van der Waals surface area (Å²) in [5.41, 5.74) is 1.33. The third-order valence-corrected chi connectivity index (χ3v) is 7.10. The Morgan fingerprint density at radius 1 is 0.903 bits per heavy atom. The molecule has 1 saturated carbocycles. The molecule has 0 amide bonds. The quantitative estimate of drug-likeness (QED) is 0.495. The normalized spacial score (nSPS) is 16.5. The Morgan fingerprint density at radius 2 is 1.48 bits per heavy atom. The molecule has 0 bridgehead atoms. The highest BCUT2D eigenvalue weighted by Crippen LogP contribution is 2.39. The van der Waals surface area contributed by atoms with Crippen LogP contribution in [0.2, 0.25) is 0 Å². The highest BCUT2D eigenvalue weighted by Gasteiger charge is 2.37. The molecule has 168 valence electrons. The van der Waals surface area contributed by atoms with Gasteiger partial charge in [0.2, 0.25) is 0 Å². The maximum atomic E-state index is 11.7. The minimum Gasteiger partial charge on any atom is -1.00 e. The number of halogens is 1. The maximum absolute atomic E-state index is 11.7. The van der Waals surface area contributed by atoms with Gasteiger partial charge in [0, 0.05) is 11.5 Å². The fraction of sp³-hybridized carbons (Fsp3) is 0.500. The van der Waals surface area contributed by atoms with Gasteiger partial charge in [-0.1, -0.05) is 91.8 Å². The van der Waals surface area contributed by atoms with E-state index in [1.54, 1.807) is 0 Å². The second kappa shape index (κ2) is 12.3. The van der Waals surface area contributed by atoms with E-state index in [0.29, 0.717) is 0 Å². The van der Waals surface area contributed by atoms with Crippen molar-refractivity contribution in [1.82, 2.24) is 0 Å². The fourth-order valence-electron chi connectivity index (χ4n) is 4.93. The summed E-state index contributed by atoms with van der Waals surface area (Å²) >= 11 is 0. The van der Waals surface area contributed by atoms with Crippen molar-refractivity contribution in [3.8, 4) is 11.8 Å². The van der Waals surface area contributed by atoms with Crippen molar-refractivity contribution in [2.75, 3.05) is 19.6 Å². The van der Waals surface area contributed by atoms with Crippen molar-refractivity contribution >= 4 is 0 Å². The molecule has 1 atom stereocenters. The van der Waals surface area contributed by atoms with Crippen LogP contribution in [0.15, 0.2) is 60.7 Å². The first kappa shape index (κ1) is 25.5. The van der Waals surface area contributed by atoms with Crippen LogP contribution in [0.4, 0.5) is 0 Å². The zero-order chi connectivity index (χ0) is 21.3. The lowest BCUT2D eigenvalue weighted by molar-refractivity contribution is -0.937. The Labute approximate surface area is 195 Å². The highest BCUT2D eigenvalue weighted by molar-refractivity contribution is 5.33. The highest BCUT2D eigenvalue weighted by atomic mass is 35.5. The van der Waals surface area contributed by atoms with E-state index in [0.717, 1.165) is 55.5 Å². The molecule has 0 saturated heterocycles. The summed E-state index contributed by atoms with van der Waals surface area (Å²) < 4.78 is 1.03. The number of quaternary nitrogens is 1. The van der Waals surface area contributed by atoms with Crippen LogP contribution in [-0.4, -0.2) is 29.2 Å². The van der Waals surface area contributed by atoms with Crippen molar-refractivity contribution in [3.63, 3.8) is 0 Å². The molecule has 3 rings (SSSR count). The molecule has 0 spiro atoms. The Kier molecular flexibility index (Phi) is 10.1. The van der Waals surface area contributed by atoms with E-state index in [4.69, 9.17) is 0 Å². The van der Waals surface area contributed by atoms with Crippen LogP contribution in [0.3, 0.4) is 0 Å². The average Bonchev–Trinajstić information content (AvgIpc) is 2.82. The Balaban J connectivity index is 0.00000341. The summed E-state index contributed by atoms with van der Waals surface area (Å²) in [6.45, 7) is 8.81. The molecular formula is C28H38ClNO. The largest absolute Gasteiger partial charge is 1.00 e. The van der Waals surface area contributed by atoms with E-state index in [1.807, 2.05) is 30.3 Å². The van der Waals surface area contributed by atoms with Gasteiger partial charge in [-0.25, -0.2) is 0 Å². The third kappa shape index (κ3) is 6.59. The predicted octanol–water partition coefficient (Wildman–Crippen LogP) is 2.91. The van der Waals surface area contributed by atoms with E-state index in [1.165, 1.54) is 24.8 Å². The van der Waals surface area contributed by atoms with Gasteiger partial charge >= 0.3 is 0 Å². The first-order valence-electron chi connectivity index (χ1n) is 11.8. The summed E-state index contributed by atoms with van der Waals surface area (Å²) in [7, 11) is 0. The van der Waals surface area contributed by atoms with Gasteiger partial charge in [-0.3, -0.25) is 0 Å². The van der Waals surface area contributed by atoms with Crippen LogP contribution in [0.25, 0.3) is 0 Å². The predicted molar refractivity (Wildman–Crippen MR) is 126 cm³/mol. The van der Waals surface area contributed by atoms with Gasteiger partial charge in [-0.2, -0.15) is 0 Å². The van der Waals surface area contributed by atoms with Crippen LogP contribution in [0.5, 0.6) is 0 Å². The van der Waals surface area contributed by atoms with Gasteiger partial charge in [0.1, 0.15) is 6.54 Å². The van der Waals surface area contributed by atoms with Gasteiger partial charge in [0.15, 0.2) is 5.60 Å². The van der Waals surface area contributed by atoms with Crippen molar-refractivity contribution in [2.24, 2.45) is 5.92 Å². The van der Waals surface area contributed by atoms with Gasteiger partial charge in [0.25, 0.3) is 0 Å². The standard InChI is InChI=1S/C28H38NO.ClH/c1-3-29(4-2,24-25-16-8-5-9-17-25)23-15-14-22-28(30,26-18-10-6-11-19-26)27-20-12-7-13-21-27;/h5-6,8-11,16-19,27,30H,3-4,7,12-13,15,20-21,23-24H2,1-2H3;1H/q+1;/p-1. The molecule has 1 N–H and O–H groups in total. The summed E-state index contributed by atoms with van der Waals surface area (Å²) in [5.74, 6) is 7.02. The molecular weight excluding hydrogens is 402 g/mol. The molecule has 0 aromatic heterocycles. The molecule has 1 fully saturated rings. The third-order valence-electron chi connectivity index (χ3n) is 7.10. The van der Waals surface area contributed by atoms with Gasteiger partial charge < -0.3 is 22.0 Å². The van der Waals surface area contributed by atoms with Crippen LogP contribution < -0.4 is 12.4 Å². The maximum Gasteiger partial charge on any atom is 0.153 e. The number of aliphatic hydroxyl groups is 1. The van der Waals surface area contributed by atoms with Gasteiger partial charge in [-0.05, 0) is 32.3 Å². The second-order valence-corrected chi connectivity index (χ2v) is 8.86. The van der Waals surface area contributed by atoms with E-state index in [9.17, 15) is 5.11 Å². The van der Waals surface area contributed by atoms with E-state index < -0.39 is 5.60 Å². The summed E-state index contributed by atoms with van der Waals surface area (Å²) in [5, 5.41) is 11.7. The lowest BCUT2D eigenvalue weighted by Gasteiger charge is -2.37. The Morgan fingerprint density at radius 3 is 2.06 bits per heavy atom. The molecule has 0 heterocycles. The molecule has 0 aliphatic heterocycles. The Bertz CT molecular complexity index is 816. The van der Waals surface area contributed by atoms with Crippen LogP contribution in [0, 0.1) is 17.8 Å². The summed E-state index contributed by atoms with van der Waals surface area (Å²) in [6, 6.07) is 20.9. The lowest BCUT2D eigenvalue weighted by Crippen LogP contribution is -3.00. The van der Waals surface area contributed by atoms with E-state index in [2.05, 4.69) is 56.0 Å². The molecule has 1 aliphatic carbocycles. The van der Waals surface area contributed by atoms with E-state index in [-0.39, 0.29) is 18.3 Å². The molecule has 31 heavy (non-hydrogen) atoms. The van der Waals surface area contributed by atoms with Crippen molar-refractivity contribution in [3.05, 3.63) is 71.8 Å². The van der Waals surface area contributed by atoms with Crippen LogP contribution >= 0.6 is 0 Å². The summed E-state index contributed by atoms with van der Waals surface area (Å²) in [6.07, 6.45) is 6.63. The zero-order valence-corrected chi connectivity index (χ0v) is 20.0. The molecule has 0 radical (unpaired) electrons. The molecule has 2 nitrogen and oxygen atoms in total. The molecule has 3 heteroatoms. The molecule has 2 aromatic carbocycles. The molecule has 2 aromatic rings. The Hall–Kier alpha value is -1.79. The minimum atomic E-state index is -1.02. The molecule has 1 unspecified atom stereocenters. The topological polar surface area (TPSA) is 20.2 Å². The number of benzene rings is 2. The molecule has 1 aliphatic rings.